The second-order valence-corrected chi connectivity index (χ2v) is 4.86. The molecule has 0 aliphatic carbocycles. The van der Waals surface area contributed by atoms with E-state index in [0.29, 0.717) is 12.3 Å². The molecule has 20 heavy (non-hydrogen) atoms. The number of benzene rings is 1. The molecular formula is C16H11BrN2O. The van der Waals surface area contributed by atoms with Gasteiger partial charge in [0.05, 0.1) is 12.5 Å². The van der Waals surface area contributed by atoms with Crippen molar-refractivity contribution in [2.24, 2.45) is 0 Å². The van der Waals surface area contributed by atoms with Crippen molar-refractivity contribution in [1.82, 2.24) is 4.98 Å². The Bertz CT molecular complexity index is 678. The van der Waals surface area contributed by atoms with Crippen LogP contribution in [-0.4, -0.2) is 11.6 Å². The highest BCUT2D eigenvalue weighted by Crippen LogP contribution is 2.11. The van der Waals surface area contributed by atoms with Crippen LogP contribution in [-0.2, 0) is 6.42 Å². The third-order valence-corrected chi connectivity index (χ3v) is 2.90. The van der Waals surface area contributed by atoms with Gasteiger partial charge in [-0.05, 0) is 39.7 Å². The van der Waals surface area contributed by atoms with Gasteiger partial charge in [0.25, 0.3) is 0 Å². The smallest absolute Gasteiger partial charge is 0.214 e. The van der Waals surface area contributed by atoms with Crippen molar-refractivity contribution in [2.45, 2.75) is 6.42 Å². The lowest BCUT2D eigenvalue weighted by atomic mass is 10.1. The highest BCUT2D eigenvalue weighted by Gasteiger charge is 1.94. The van der Waals surface area contributed by atoms with Crippen LogP contribution in [0.2, 0.25) is 0 Å². The number of hydrogen-bond acceptors (Lipinski definition) is 3. The molecule has 0 unspecified atom stereocenters. The second kappa shape index (κ2) is 7.33. The predicted molar refractivity (Wildman–Crippen MR) is 80.1 cm³/mol. The van der Waals surface area contributed by atoms with E-state index in [0.717, 1.165) is 15.6 Å². The van der Waals surface area contributed by atoms with Gasteiger partial charge in [-0.2, -0.15) is 5.26 Å². The van der Waals surface area contributed by atoms with Gasteiger partial charge >= 0.3 is 0 Å². The summed E-state index contributed by atoms with van der Waals surface area (Å²) in [6, 6.07) is 13.4. The van der Waals surface area contributed by atoms with Crippen LogP contribution in [0, 0.1) is 23.2 Å². The van der Waals surface area contributed by atoms with E-state index in [1.165, 1.54) is 0 Å². The molecule has 0 N–H and O–H groups in total. The molecule has 0 fully saturated rings. The van der Waals surface area contributed by atoms with Gasteiger partial charge in [-0.25, -0.2) is 4.98 Å². The zero-order valence-corrected chi connectivity index (χ0v) is 12.2. The Labute approximate surface area is 126 Å². The first kappa shape index (κ1) is 14.1. The number of pyridine rings is 1. The molecule has 4 heteroatoms. The van der Waals surface area contributed by atoms with Crippen molar-refractivity contribution in [3.63, 3.8) is 0 Å². The maximum Gasteiger partial charge on any atom is 0.214 e. The highest BCUT2D eigenvalue weighted by molar-refractivity contribution is 9.10. The lowest BCUT2D eigenvalue weighted by Gasteiger charge is -1.99. The topological polar surface area (TPSA) is 45.9 Å². The van der Waals surface area contributed by atoms with E-state index in [1.807, 2.05) is 30.3 Å². The minimum atomic E-state index is 0.275. The molecule has 0 radical (unpaired) electrons. The van der Waals surface area contributed by atoms with Crippen LogP contribution in [0.5, 0.6) is 5.88 Å². The van der Waals surface area contributed by atoms with Gasteiger partial charge in [-0.15, -0.1) is 0 Å². The Morgan fingerprint density at radius 3 is 2.90 bits per heavy atom. The van der Waals surface area contributed by atoms with Crippen molar-refractivity contribution in [2.75, 3.05) is 6.61 Å². The molecule has 0 amide bonds. The van der Waals surface area contributed by atoms with Crippen LogP contribution in [0.4, 0.5) is 0 Å². The average molecular weight is 327 g/mol. The highest BCUT2D eigenvalue weighted by atomic mass is 79.9. The van der Waals surface area contributed by atoms with E-state index >= 15 is 0 Å². The third kappa shape index (κ3) is 4.42. The molecule has 0 spiro atoms. The third-order valence-electron chi connectivity index (χ3n) is 2.44. The number of nitrogens with zero attached hydrogens (tertiary/aromatic N) is 2. The largest absolute Gasteiger partial charge is 0.464 e. The van der Waals surface area contributed by atoms with E-state index in [9.17, 15) is 0 Å². The molecule has 0 aliphatic rings. The van der Waals surface area contributed by atoms with Crippen molar-refractivity contribution >= 4 is 15.9 Å². The van der Waals surface area contributed by atoms with Gasteiger partial charge < -0.3 is 4.74 Å². The number of ether oxygens (including phenoxy) is 1. The second-order valence-electron chi connectivity index (χ2n) is 3.94. The van der Waals surface area contributed by atoms with Crippen LogP contribution in [0.1, 0.15) is 11.1 Å². The van der Waals surface area contributed by atoms with Crippen molar-refractivity contribution in [3.05, 3.63) is 58.2 Å². The average Bonchev–Trinajstić information content (AvgIpc) is 2.46. The summed E-state index contributed by atoms with van der Waals surface area (Å²) in [7, 11) is 0. The van der Waals surface area contributed by atoms with E-state index in [1.54, 1.807) is 12.3 Å². The Morgan fingerprint density at radius 1 is 1.25 bits per heavy atom. The summed E-state index contributed by atoms with van der Waals surface area (Å²) in [6.07, 6.45) is 2.07. The molecule has 0 saturated carbocycles. The van der Waals surface area contributed by atoms with Crippen molar-refractivity contribution < 1.29 is 4.74 Å². The van der Waals surface area contributed by atoms with Gasteiger partial charge in [-0.3, -0.25) is 0 Å². The lowest BCUT2D eigenvalue weighted by Crippen LogP contribution is -1.95. The summed E-state index contributed by atoms with van der Waals surface area (Å²) in [4.78, 5) is 4.09. The fraction of sp³-hybridized carbons (Fsp3) is 0.125. The summed E-state index contributed by atoms with van der Waals surface area (Å²) in [5.74, 6) is 6.47. The summed E-state index contributed by atoms with van der Waals surface area (Å²) >= 11 is 3.31. The summed E-state index contributed by atoms with van der Waals surface area (Å²) in [5, 5.41) is 8.65. The van der Waals surface area contributed by atoms with Crippen LogP contribution in [0.25, 0.3) is 0 Å². The standard InChI is InChI=1S/C16H11BrN2O/c17-15-6-7-16(19-12-15)20-10-2-5-13-3-1-4-14(11-13)8-9-18/h1,3-4,6-7,11-12H,8,10H2. The molecule has 0 saturated heterocycles. The molecule has 2 aromatic rings. The first-order valence-corrected chi connectivity index (χ1v) is 6.76. The van der Waals surface area contributed by atoms with Gasteiger partial charge in [0.1, 0.15) is 0 Å². The molecule has 1 aromatic heterocycles. The first-order chi connectivity index (χ1) is 9.78. The van der Waals surface area contributed by atoms with Crippen molar-refractivity contribution in [3.8, 4) is 23.8 Å². The van der Waals surface area contributed by atoms with Gasteiger partial charge in [0.15, 0.2) is 6.61 Å². The van der Waals surface area contributed by atoms with E-state index in [4.69, 9.17) is 10.00 Å². The molecule has 0 aliphatic heterocycles. The number of rotatable bonds is 3. The zero-order chi connectivity index (χ0) is 14.2. The quantitative estimate of drug-likeness (QED) is 0.812. The maximum absolute atomic E-state index is 8.65. The van der Waals surface area contributed by atoms with Crippen LogP contribution in [0.15, 0.2) is 47.1 Å². The minimum Gasteiger partial charge on any atom is -0.464 e. The number of nitriles is 1. The molecular weight excluding hydrogens is 316 g/mol. The summed E-state index contributed by atoms with van der Waals surface area (Å²) in [6.45, 7) is 0.275. The SMILES string of the molecule is N#CCc1cccc(C#CCOc2ccc(Br)cn2)c1. The monoisotopic (exact) mass is 326 g/mol. The van der Waals surface area contributed by atoms with Gasteiger partial charge in [0, 0.05) is 22.3 Å². The van der Waals surface area contributed by atoms with Crippen LogP contribution < -0.4 is 4.74 Å². The van der Waals surface area contributed by atoms with Crippen LogP contribution >= 0.6 is 15.9 Å². The fourth-order valence-corrected chi connectivity index (χ4v) is 1.78. The molecule has 3 nitrogen and oxygen atoms in total. The summed E-state index contributed by atoms with van der Waals surface area (Å²) < 4.78 is 6.31. The Balaban J connectivity index is 1.93. The number of hydrogen-bond donors (Lipinski definition) is 0. The maximum atomic E-state index is 8.65. The van der Waals surface area contributed by atoms with Crippen LogP contribution in [0.3, 0.4) is 0 Å². The Kier molecular flexibility index (Phi) is 5.17. The predicted octanol–water partition coefficient (Wildman–Crippen LogP) is 3.34. The molecule has 0 bridgehead atoms. The number of halogens is 1. The van der Waals surface area contributed by atoms with E-state index < -0.39 is 0 Å². The van der Waals surface area contributed by atoms with E-state index in [-0.39, 0.29) is 6.61 Å². The van der Waals surface area contributed by atoms with E-state index in [2.05, 4.69) is 38.8 Å². The zero-order valence-electron chi connectivity index (χ0n) is 10.6. The van der Waals surface area contributed by atoms with Gasteiger partial charge in [-0.1, -0.05) is 24.0 Å². The fourth-order valence-electron chi connectivity index (χ4n) is 1.55. The molecule has 2 rings (SSSR count). The van der Waals surface area contributed by atoms with Crippen molar-refractivity contribution in [1.29, 1.82) is 5.26 Å². The molecule has 98 valence electrons. The summed E-state index contributed by atoms with van der Waals surface area (Å²) in [5.41, 5.74) is 1.85. The Morgan fingerprint density at radius 2 is 2.15 bits per heavy atom. The first-order valence-electron chi connectivity index (χ1n) is 5.97. The minimum absolute atomic E-state index is 0.275. The normalized spacial score (nSPS) is 9.20. The molecule has 0 atom stereocenters. The van der Waals surface area contributed by atoms with Gasteiger partial charge in [0.2, 0.25) is 5.88 Å². The molecule has 1 aromatic carbocycles. The molecule has 1 heterocycles. The Hall–Kier alpha value is -2.30. The number of aromatic nitrogens is 1. The lowest BCUT2D eigenvalue weighted by molar-refractivity contribution is 0.355.